The van der Waals surface area contributed by atoms with E-state index in [2.05, 4.69) is 36.8 Å². The Morgan fingerprint density at radius 3 is 1.42 bits per heavy atom. The Labute approximate surface area is 400 Å². The molecule has 6 aliphatic rings. The Morgan fingerprint density at radius 2 is 0.924 bits per heavy atom. The van der Waals surface area contributed by atoms with Crippen LogP contribution < -0.4 is 0 Å². The van der Waals surface area contributed by atoms with E-state index in [-0.39, 0.29) is 30.2 Å². The molecule has 10 nitrogen and oxygen atoms in total. The van der Waals surface area contributed by atoms with Crippen molar-refractivity contribution < 1.29 is 47.8 Å². The molecule has 376 valence electrons. The Balaban J connectivity index is 0.000000365. The maximum absolute atomic E-state index is 11.6. The Morgan fingerprint density at radius 1 is 0.485 bits per heavy atom. The second kappa shape index (κ2) is 35.7. The number of carbonyl (C=O) groups is 3. The molecule has 0 saturated heterocycles. The lowest BCUT2D eigenvalue weighted by Gasteiger charge is -2.45. The fourth-order valence-electron chi connectivity index (χ4n) is 13.0. The molecular formula is C56H92O10. The first kappa shape index (κ1) is 58.8. The Kier molecular flexibility index (Phi) is 31.8. The molecule has 0 radical (unpaired) electrons. The molecule has 10 heteroatoms. The summed E-state index contributed by atoms with van der Waals surface area (Å²) in [6.07, 6.45) is 45.2. The van der Waals surface area contributed by atoms with Gasteiger partial charge < -0.3 is 14.2 Å². The number of hydrogen-bond acceptors (Lipinski definition) is 10. The number of hydrogen-bond donors (Lipinski definition) is 0. The predicted octanol–water partition coefficient (Wildman–Crippen LogP) is 13.3. The van der Waals surface area contributed by atoms with E-state index in [1.165, 1.54) is 148 Å². The number of ether oxygens (including phenoxy) is 3. The fraction of sp³-hybridized carbons (Fsp3) is 0.839. The van der Waals surface area contributed by atoms with Crippen molar-refractivity contribution in [3.63, 3.8) is 0 Å². The SMILES string of the molecule is CC/C=C/C1CCC2CC(C3CCC(/C=C/C(=O)OCC)CC3)CCC2C1.CCCCC1CCC2CC(C3CCC(CCC(=O)OCC)CC3)CCC2C1.CCOC(C)=O.O=C=O.O=C=O. The van der Waals surface area contributed by atoms with Gasteiger partial charge in [-0.25, -0.2) is 4.79 Å². The standard InChI is InChI=1S/C25H44O2.C25H40O2.C4H8O2.2CO2/c2*1-3-5-6-20-9-13-24-18-23(15-14-22(24)17-20)21-11-7-19(8-12-21)10-16-25(26)27-4-2;1-3-6-4(2)5;2*2-1-3/h19-24H,3-18H2,1-2H3;5-6,10,16,19-24H,3-4,7-9,11-15,17-18H2,1-2H3;3H2,1-2H3;;/b;6-5+,16-10+;;;. The van der Waals surface area contributed by atoms with Crippen molar-refractivity contribution >= 4 is 30.2 Å². The molecule has 66 heavy (non-hydrogen) atoms. The minimum absolute atomic E-state index is 0.00693. The van der Waals surface area contributed by atoms with Crippen LogP contribution in [0.25, 0.3) is 0 Å². The molecule has 6 fully saturated rings. The van der Waals surface area contributed by atoms with Gasteiger partial charge in [0.05, 0.1) is 19.8 Å². The second-order valence-corrected chi connectivity index (χ2v) is 20.4. The average molecular weight is 925 g/mol. The van der Waals surface area contributed by atoms with Gasteiger partial charge in [-0.2, -0.15) is 19.2 Å². The zero-order valence-corrected chi connectivity index (χ0v) is 42.3. The third-order valence-corrected chi connectivity index (χ3v) is 16.3. The van der Waals surface area contributed by atoms with Crippen LogP contribution in [0.5, 0.6) is 0 Å². The van der Waals surface area contributed by atoms with Crippen molar-refractivity contribution in [2.24, 2.45) is 71.0 Å². The monoisotopic (exact) mass is 925 g/mol. The number of allylic oxidation sites excluding steroid dienone is 3. The average Bonchev–Trinajstić information content (AvgIpc) is 3.32. The van der Waals surface area contributed by atoms with Crippen LogP contribution >= 0.6 is 0 Å². The van der Waals surface area contributed by atoms with Gasteiger partial charge in [-0.3, -0.25) is 9.59 Å². The largest absolute Gasteiger partial charge is 0.466 e. The zero-order chi connectivity index (χ0) is 48.5. The molecule has 0 N–H and O–H groups in total. The van der Waals surface area contributed by atoms with E-state index in [0.717, 1.165) is 71.5 Å². The van der Waals surface area contributed by atoms with E-state index in [1.54, 1.807) is 25.8 Å². The van der Waals surface area contributed by atoms with Crippen LogP contribution in [0.2, 0.25) is 0 Å². The van der Waals surface area contributed by atoms with Crippen molar-refractivity contribution in [3.05, 3.63) is 24.3 Å². The van der Waals surface area contributed by atoms with Gasteiger partial charge in [0.15, 0.2) is 0 Å². The van der Waals surface area contributed by atoms with Crippen LogP contribution in [0.15, 0.2) is 24.3 Å². The number of rotatable bonds is 15. The molecule has 0 aromatic carbocycles. The highest BCUT2D eigenvalue weighted by Gasteiger charge is 2.40. The van der Waals surface area contributed by atoms with Crippen molar-refractivity contribution in [1.82, 2.24) is 0 Å². The smallest absolute Gasteiger partial charge is 0.373 e. The van der Waals surface area contributed by atoms with Crippen LogP contribution in [0.3, 0.4) is 0 Å². The summed E-state index contributed by atoms with van der Waals surface area (Å²) in [7, 11) is 0. The molecule has 6 aliphatic carbocycles. The van der Waals surface area contributed by atoms with Gasteiger partial charge in [0, 0.05) is 19.4 Å². The highest BCUT2D eigenvalue weighted by molar-refractivity contribution is 5.81. The Hall–Kier alpha value is -3.35. The third kappa shape index (κ3) is 23.6. The summed E-state index contributed by atoms with van der Waals surface area (Å²) in [5.74, 6) is 11.0. The molecule has 8 unspecified atom stereocenters. The molecule has 0 aromatic heterocycles. The van der Waals surface area contributed by atoms with Crippen LogP contribution in [0, 0.1) is 71.0 Å². The van der Waals surface area contributed by atoms with Gasteiger partial charge in [-0.1, -0.05) is 70.6 Å². The Bertz CT molecular complexity index is 1430. The first-order chi connectivity index (χ1) is 32.0. The fourth-order valence-corrected chi connectivity index (χ4v) is 13.0. The van der Waals surface area contributed by atoms with Crippen molar-refractivity contribution in [1.29, 1.82) is 0 Å². The van der Waals surface area contributed by atoms with E-state index in [1.807, 2.05) is 13.8 Å². The molecular weight excluding hydrogens is 833 g/mol. The number of fused-ring (bicyclic) bond motifs is 2. The maximum atomic E-state index is 11.6. The third-order valence-electron chi connectivity index (χ3n) is 16.3. The molecule has 0 spiro atoms. The van der Waals surface area contributed by atoms with Crippen LogP contribution in [-0.4, -0.2) is 50.0 Å². The summed E-state index contributed by atoms with van der Waals surface area (Å²) in [6.45, 7) is 13.0. The summed E-state index contributed by atoms with van der Waals surface area (Å²) < 4.78 is 14.5. The summed E-state index contributed by atoms with van der Waals surface area (Å²) >= 11 is 0. The van der Waals surface area contributed by atoms with Gasteiger partial charge >= 0.3 is 30.2 Å². The first-order valence-electron chi connectivity index (χ1n) is 26.8. The molecule has 6 saturated carbocycles. The summed E-state index contributed by atoms with van der Waals surface area (Å²) in [5.41, 5.74) is 0. The maximum Gasteiger partial charge on any atom is 0.373 e. The van der Waals surface area contributed by atoms with Gasteiger partial charge in [-0.05, 0) is 214 Å². The number of unbranched alkanes of at least 4 members (excludes halogenated alkanes) is 1. The first-order valence-corrected chi connectivity index (χ1v) is 26.8. The van der Waals surface area contributed by atoms with E-state index < -0.39 is 0 Å². The van der Waals surface area contributed by atoms with Crippen LogP contribution in [0.1, 0.15) is 208 Å². The summed E-state index contributed by atoms with van der Waals surface area (Å²) in [5, 5.41) is 0. The lowest BCUT2D eigenvalue weighted by Crippen LogP contribution is -2.34. The second-order valence-electron chi connectivity index (χ2n) is 20.4. The van der Waals surface area contributed by atoms with Crippen molar-refractivity contribution in [2.75, 3.05) is 19.8 Å². The van der Waals surface area contributed by atoms with E-state index in [4.69, 9.17) is 28.7 Å². The van der Waals surface area contributed by atoms with Crippen LogP contribution in [-0.2, 0) is 47.8 Å². The van der Waals surface area contributed by atoms with Gasteiger partial charge in [0.2, 0.25) is 0 Å². The highest BCUT2D eigenvalue weighted by Crippen LogP contribution is 2.51. The lowest BCUT2D eigenvalue weighted by molar-refractivity contribution is -0.193. The number of esters is 3. The molecule has 0 aliphatic heterocycles. The summed E-state index contributed by atoms with van der Waals surface area (Å²) in [6, 6.07) is 0. The topological polar surface area (TPSA) is 147 Å². The quantitative estimate of drug-likeness (QED) is 0.0673. The van der Waals surface area contributed by atoms with Gasteiger partial charge in [0.1, 0.15) is 0 Å². The lowest BCUT2D eigenvalue weighted by atomic mass is 9.60. The van der Waals surface area contributed by atoms with Crippen molar-refractivity contribution in [3.8, 4) is 0 Å². The molecule has 0 amide bonds. The van der Waals surface area contributed by atoms with E-state index in [0.29, 0.717) is 32.2 Å². The van der Waals surface area contributed by atoms with Gasteiger partial charge in [0.25, 0.3) is 0 Å². The van der Waals surface area contributed by atoms with E-state index in [9.17, 15) is 14.4 Å². The minimum atomic E-state index is -0.211. The zero-order valence-electron chi connectivity index (χ0n) is 42.3. The van der Waals surface area contributed by atoms with Crippen molar-refractivity contribution in [2.45, 2.75) is 208 Å². The van der Waals surface area contributed by atoms with Crippen LogP contribution in [0.4, 0.5) is 0 Å². The molecule has 0 aromatic rings. The summed E-state index contributed by atoms with van der Waals surface area (Å²) in [4.78, 5) is 65.4. The minimum Gasteiger partial charge on any atom is -0.466 e. The number of carbonyl (C=O) groups excluding carboxylic acids is 7. The molecule has 0 bridgehead atoms. The predicted molar refractivity (Wildman–Crippen MR) is 257 cm³/mol. The molecule has 6 rings (SSSR count). The molecule has 8 atom stereocenters. The highest BCUT2D eigenvalue weighted by atomic mass is 16.5. The molecule has 0 heterocycles. The van der Waals surface area contributed by atoms with E-state index >= 15 is 0 Å². The normalized spacial score (nSPS) is 31.3. The van der Waals surface area contributed by atoms with Gasteiger partial charge in [-0.15, -0.1) is 0 Å².